The number of hydrogen-bond donors (Lipinski definition) is 2. The first kappa shape index (κ1) is 14.1. The molecule has 2 aromatic heterocycles. The van der Waals surface area contributed by atoms with Gasteiger partial charge < -0.3 is 10.1 Å². The molecule has 3 rings (SSSR count). The van der Waals surface area contributed by atoms with Crippen LogP contribution in [0.4, 0.5) is 11.6 Å². The first-order chi connectivity index (χ1) is 10.5. The summed E-state index contributed by atoms with van der Waals surface area (Å²) >= 11 is 0. The number of aryl methyl sites for hydroxylation is 1. The number of H-pyrrole nitrogens is 1. The number of rotatable bonds is 4. The molecule has 7 nitrogen and oxygen atoms in total. The average molecular weight is 299 g/mol. The Hall–Kier alpha value is -2.83. The predicted octanol–water partition coefficient (Wildman–Crippen LogP) is 2.26. The van der Waals surface area contributed by atoms with Crippen molar-refractivity contribution in [1.82, 2.24) is 19.6 Å². The second-order valence-electron chi connectivity index (χ2n) is 5.27. The van der Waals surface area contributed by atoms with E-state index < -0.39 is 0 Å². The molecule has 0 unspecified atom stereocenters. The fourth-order valence-corrected chi connectivity index (χ4v) is 2.03. The second kappa shape index (κ2) is 5.51. The third kappa shape index (κ3) is 2.78. The van der Waals surface area contributed by atoms with E-state index in [1.54, 1.807) is 6.92 Å². The van der Waals surface area contributed by atoms with Crippen molar-refractivity contribution in [1.29, 1.82) is 0 Å². The van der Waals surface area contributed by atoms with Crippen LogP contribution in [0.2, 0.25) is 0 Å². The number of benzene rings is 1. The Morgan fingerprint density at radius 2 is 2.00 bits per heavy atom. The van der Waals surface area contributed by atoms with Crippen LogP contribution in [0.3, 0.4) is 0 Å². The zero-order valence-electron chi connectivity index (χ0n) is 12.6. The van der Waals surface area contributed by atoms with E-state index >= 15 is 0 Å². The zero-order chi connectivity index (χ0) is 15.7. The van der Waals surface area contributed by atoms with Gasteiger partial charge in [0.2, 0.25) is 5.95 Å². The molecule has 0 bridgehead atoms. The van der Waals surface area contributed by atoms with Gasteiger partial charge in [-0.1, -0.05) is 0 Å². The number of hydrogen-bond acceptors (Lipinski definition) is 5. The first-order valence-corrected chi connectivity index (χ1v) is 7.01. The number of aromatic nitrogens is 4. The van der Waals surface area contributed by atoms with E-state index in [1.165, 1.54) is 10.7 Å². The van der Waals surface area contributed by atoms with Crippen molar-refractivity contribution < 1.29 is 4.74 Å². The fraction of sp³-hybridized carbons (Fsp3) is 0.267. The predicted molar refractivity (Wildman–Crippen MR) is 83.8 cm³/mol. The maximum atomic E-state index is 11.9. The third-order valence-corrected chi connectivity index (χ3v) is 3.03. The number of nitrogens with zero attached hydrogens (tertiary/aromatic N) is 3. The Labute approximate surface area is 127 Å². The minimum absolute atomic E-state index is 0.135. The number of anilines is 2. The zero-order valence-corrected chi connectivity index (χ0v) is 12.6. The molecule has 0 atom stereocenters. The van der Waals surface area contributed by atoms with Gasteiger partial charge in [0.1, 0.15) is 5.75 Å². The van der Waals surface area contributed by atoms with Gasteiger partial charge in [-0.3, -0.25) is 9.89 Å². The second-order valence-corrected chi connectivity index (χ2v) is 5.27. The van der Waals surface area contributed by atoms with Gasteiger partial charge in [-0.05, 0) is 45.0 Å². The van der Waals surface area contributed by atoms with Gasteiger partial charge in [0.05, 0.1) is 6.10 Å². The smallest absolute Gasteiger partial charge is 0.276 e. The Balaban J connectivity index is 1.84. The molecule has 7 heteroatoms. The Kier molecular flexibility index (Phi) is 3.54. The summed E-state index contributed by atoms with van der Waals surface area (Å²) in [6.07, 6.45) is 1.65. The van der Waals surface area contributed by atoms with Crippen LogP contribution in [0, 0.1) is 6.92 Å². The van der Waals surface area contributed by atoms with Crippen molar-refractivity contribution in [3.8, 4) is 5.75 Å². The van der Waals surface area contributed by atoms with Crippen molar-refractivity contribution in [2.45, 2.75) is 26.9 Å². The lowest BCUT2D eigenvalue weighted by Gasteiger charge is -2.10. The van der Waals surface area contributed by atoms with Gasteiger partial charge in [0.25, 0.3) is 11.3 Å². The molecule has 2 heterocycles. The highest BCUT2D eigenvalue weighted by Gasteiger charge is 2.07. The molecular formula is C15H17N5O2. The lowest BCUT2D eigenvalue weighted by molar-refractivity contribution is 0.242. The maximum Gasteiger partial charge on any atom is 0.276 e. The van der Waals surface area contributed by atoms with Crippen LogP contribution < -0.4 is 15.6 Å². The van der Waals surface area contributed by atoms with Crippen LogP contribution in [0.1, 0.15) is 19.4 Å². The van der Waals surface area contributed by atoms with Crippen molar-refractivity contribution in [3.63, 3.8) is 0 Å². The fourth-order valence-electron chi connectivity index (χ4n) is 2.03. The molecule has 0 radical (unpaired) electrons. The Bertz CT molecular complexity index is 848. The molecule has 0 saturated carbocycles. The third-order valence-electron chi connectivity index (χ3n) is 3.03. The lowest BCUT2D eigenvalue weighted by atomic mass is 10.3. The van der Waals surface area contributed by atoms with E-state index in [0.717, 1.165) is 11.4 Å². The van der Waals surface area contributed by atoms with Crippen molar-refractivity contribution >= 4 is 17.4 Å². The molecule has 22 heavy (non-hydrogen) atoms. The number of nitrogens with one attached hydrogen (secondary N) is 2. The Morgan fingerprint density at radius 3 is 2.68 bits per heavy atom. The van der Waals surface area contributed by atoms with E-state index in [9.17, 15) is 4.79 Å². The summed E-state index contributed by atoms with van der Waals surface area (Å²) in [6.45, 7) is 5.67. The average Bonchev–Trinajstić information content (AvgIpc) is 2.88. The van der Waals surface area contributed by atoms with E-state index in [4.69, 9.17) is 4.74 Å². The van der Waals surface area contributed by atoms with E-state index in [-0.39, 0.29) is 11.7 Å². The lowest BCUT2D eigenvalue weighted by Crippen LogP contribution is -2.17. The summed E-state index contributed by atoms with van der Waals surface area (Å²) in [7, 11) is 0. The molecule has 0 aliphatic carbocycles. The molecule has 114 valence electrons. The minimum Gasteiger partial charge on any atom is -0.491 e. The number of ether oxygens (including phenoxy) is 1. The normalized spacial score (nSPS) is 11.1. The summed E-state index contributed by atoms with van der Waals surface area (Å²) < 4.78 is 6.90. The molecule has 0 amide bonds. The van der Waals surface area contributed by atoms with Gasteiger partial charge in [0.15, 0.2) is 0 Å². The topological polar surface area (TPSA) is 84.3 Å². The van der Waals surface area contributed by atoms with Crippen LogP contribution >= 0.6 is 0 Å². The standard InChI is InChI=1S/C15H17N5O2/c1-9(2)22-12-6-4-11(5-7-12)17-14-18-15-16-8-10(3)13(21)20(15)19-14/h4-9H,1-3H3,(H2,16,17,18,19). The van der Waals surface area contributed by atoms with Crippen LogP contribution in [-0.2, 0) is 0 Å². The van der Waals surface area contributed by atoms with E-state index in [2.05, 4.69) is 20.4 Å². The molecular weight excluding hydrogens is 282 g/mol. The molecule has 2 N–H and O–H groups in total. The number of aromatic amines is 1. The summed E-state index contributed by atoms with van der Waals surface area (Å²) in [6, 6.07) is 7.51. The molecule has 0 fully saturated rings. The van der Waals surface area contributed by atoms with Crippen LogP contribution in [0.15, 0.2) is 35.3 Å². The molecule has 0 spiro atoms. The molecule has 0 aliphatic heterocycles. The van der Waals surface area contributed by atoms with Gasteiger partial charge in [-0.15, -0.1) is 0 Å². The van der Waals surface area contributed by atoms with Crippen molar-refractivity contribution in [2.24, 2.45) is 0 Å². The first-order valence-electron chi connectivity index (χ1n) is 7.01. The van der Waals surface area contributed by atoms with Gasteiger partial charge in [0, 0.05) is 17.4 Å². The van der Waals surface area contributed by atoms with Crippen LogP contribution in [0.5, 0.6) is 5.75 Å². The van der Waals surface area contributed by atoms with Gasteiger partial charge in [-0.25, -0.2) is 4.98 Å². The highest BCUT2D eigenvalue weighted by atomic mass is 16.5. The van der Waals surface area contributed by atoms with Crippen molar-refractivity contribution in [3.05, 3.63) is 46.4 Å². The monoisotopic (exact) mass is 299 g/mol. The summed E-state index contributed by atoms with van der Waals surface area (Å²) in [5, 5.41) is 5.99. The van der Waals surface area contributed by atoms with E-state index in [0.29, 0.717) is 17.3 Å². The van der Waals surface area contributed by atoms with Crippen LogP contribution in [0.25, 0.3) is 5.78 Å². The highest BCUT2D eigenvalue weighted by molar-refractivity contribution is 5.55. The minimum atomic E-state index is -0.161. The summed E-state index contributed by atoms with van der Waals surface area (Å²) in [5.41, 5.74) is 1.23. The van der Waals surface area contributed by atoms with Gasteiger partial charge >= 0.3 is 0 Å². The van der Waals surface area contributed by atoms with Gasteiger partial charge in [-0.2, -0.15) is 9.50 Å². The molecule has 3 aromatic rings. The van der Waals surface area contributed by atoms with Crippen molar-refractivity contribution in [2.75, 3.05) is 5.32 Å². The summed E-state index contributed by atoms with van der Waals surface area (Å²) in [4.78, 5) is 20.3. The number of fused-ring (bicyclic) bond motifs is 1. The molecule has 1 aromatic carbocycles. The largest absolute Gasteiger partial charge is 0.491 e. The summed E-state index contributed by atoms with van der Waals surface area (Å²) in [5.74, 6) is 1.59. The quantitative estimate of drug-likeness (QED) is 0.772. The maximum absolute atomic E-state index is 11.9. The molecule has 0 aliphatic rings. The van der Waals surface area contributed by atoms with Crippen LogP contribution in [-0.4, -0.2) is 25.7 Å². The SMILES string of the molecule is Cc1cnc2nc(Nc3ccc(OC(C)C)cc3)[nH]n2c1=O. The Morgan fingerprint density at radius 1 is 1.27 bits per heavy atom. The highest BCUT2D eigenvalue weighted by Crippen LogP contribution is 2.19. The van der Waals surface area contributed by atoms with E-state index in [1.807, 2.05) is 38.1 Å². The molecule has 0 saturated heterocycles.